The summed E-state index contributed by atoms with van der Waals surface area (Å²) >= 11 is 0. The second-order valence-corrected chi connectivity index (χ2v) is 3.43. The van der Waals surface area contributed by atoms with E-state index in [1.807, 2.05) is 6.92 Å². The number of rotatable bonds is 4. The van der Waals surface area contributed by atoms with Crippen LogP contribution in [0, 0.1) is 0 Å². The van der Waals surface area contributed by atoms with Crippen LogP contribution >= 0.6 is 0 Å². The summed E-state index contributed by atoms with van der Waals surface area (Å²) in [5, 5.41) is 7.74. The number of carbonyl (C=O) groups is 2. The average Bonchev–Trinajstić information content (AvgIpc) is 2.29. The minimum absolute atomic E-state index is 0.298. The standard InChI is InChI=1S/C12H17N3O3/c1-3-13-11(16)15-9-6-5-7-10(8-9)18-12(17)14-4-2/h5-8H,3-4H2,1-2H3,(H,14,17)(H2,13,15,16). The number of anilines is 1. The third-order valence-electron chi connectivity index (χ3n) is 1.96. The van der Waals surface area contributed by atoms with Crippen LogP contribution in [0.15, 0.2) is 24.3 Å². The van der Waals surface area contributed by atoms with Crippen LogP contribution in [0.25, 0.3) is 0 Å². The Balaban J connectivity index is 2.61. The molecule has 6 heteroatoms. The third-order valence-corrected chi connectivity index (χ3v) is 1.96. The Kier molecular flexibility index (Phi) is 5.50. The normalized spacial score (nSPS) is 9.44. The maximum absolute atomic E-state index is 11.3. The number of ether oxygens (including phenoxy) is 1. The zero-order chi connectivity index (χ0) is 13.4. The molecule has 0 aliphatic rings. The SMILES string of the molecule is CCNC(=O)Nc1cccc(OC(=O)NCC)c1. The van der Waals surface area contributed by atoms with Crippen LogP contribution in [0.5, 0.6) is 5.75 Å². The molecule has 0 aromatic heterocycles. The second kappa shape index (κ2) is 7.16. The Hall–Kier alpha value is -2.24. The molecule has 98 valence electrons. The van der Waals surface area contributed by atoms with Gasteiger partial charge in [-0.1, -0.05) is 6.07 Å². The van der Waals surface area contributed by atoms with Crippen molar-refractivity contribution in [2.75, 3.05) is 18.4 Å². The maximum atomic E-state index is 11.3. The highest BCUT2D eigenvalue weighted by atomic mass is 16.6. The Morgan fingerprint density at radius 2 is 1.89 bits per heavy atom. The van der Waals surface area contributed by atoms with Gasteiger partial charge in [0.05, 0.1) is 0 Å². The lowest BCUT2D eigenvalue weighted by Crippen LogP contribution is -2.28. The van der Waals surface area contributed by atoms with E-state index >= 15 is 0 Å². The average molecular weight is 251 g/mol. The monoisotopic (exact) mass is 251 g/mol. The van der Waals surface area contributed by atoms with Crippen molar-refractivity contribution < 1.29 is 14.3 Å². The molecule has 18 heavy (non-hydrogen) atoms. The van der Waals surface area contributed by atoms with Gasteiger partial charge in [-0.15, -0.1) is 0 Å². The van der Waals surface area contributed by atoms with Gasteiger partial charge in [0.1, 0.15) is 5.75 Å². The fourth-order valence-electron chi connectivity index (χ4n) is 1.26. The lowest BCUT2D eigenvalue weighted by molar-refractivity contribution is 0.201. The van der Waals surface area contributed by atoms with Gasteiger partial charge in [-0.05, 0) is 26.0 Å². The first-order chi connectivity index (χ1) is 8.65. The fourth-order valence-corrected chi connectivity index (χ4v) is 1.26. The molecule has 0 aliphatic heterocycles. The predicted molar refractivity (Wildman–Crippen MR) is 68.8 cm³/mol. The van der Waals surface area contributed by atoms with Crippen molar-refractivity contribution in [2.45, 2.75) is 13.8 Å². The van der Waals surface area contributed by atoms with Crippen molar-refractivity contribution in [3.8, 4) is 5.75 Å². The van der Waals surface area contributed by atoms with Crippen LogP contribution in [-0.2, 0) is 0 Å². The van der Waals surface area contributed by atoms with Gasteiger partial charge in [0.15, 0.2) is 0 Å². The van der Waals surface area contributed by atoms with Crippen LogP contribution in [0.4, 0.5) is 15.3 Å². The predicted octanol–water partition coefficient (Wildman–Crippen LogP) is 1.94. The molecule has 0 unspecified atom stereocenters. The van der Waals surface area contributed by atoms with Gasteiger partial charge in [0.2, 0.25) is 0 Å². The molecule has 0 heterocycles. The largest absolute Gasteiger partial charge is 0.412 e. The summed E-state index contributed by atoms with van der Waals surface area (Å²) in [5.74, 6) is 0.371. The van der Waals surface area contributed by atoms with Gasteiger partial charge >= 0.3 is 12.1 Å². The quantitative estimate of drug-likeness (QED) is 0.765. The van der Waals surface area contributed by atoms with E-state index in [0.717, 1.165) is 0 Å². The summed E-state index contributed by atoms with van der Waals surface area (Å²) in [6.45, 7) is 4.67. The van der Waals surface area contributed by atoms with Gasteiger partial charge in [0.25, 0.3) is 0 Å². The van der Waals surface area contributed by atoms with E-state index in [0.29, 0.717) is 24.5 Å². The number of amides is 3. The molecule has 0 fully saturated rings. The Labute approximate surface area is 106 Å². The Morgan fingerprint density at radius 1 is 1.17 bits per heavy atom. The summed E-state index contributed by atoms with van der Waals surface area (Å²) in [6.07, 6.45) is -0.521. The van der Waals surface area contributed by atoms with E-state index in [1.54, 1.807) is 31.2 Å². The highest BCUT2D eigenvalue weighted by Gasteiger charge is 2.04. The molecule has 6 nitrogen and oxygen atoms in total. The zero-order valence-corrected chi connectivity index (χ0v) is 10.4. The molecule has 3 N–H and O–H groups in total. The van der Waals surface area contributed by atoms with Crippen molar-refractivity contribution >= 4 is 17.8 Å². The molecule has 0 bridgehead atoms. The molecule has 0 saturated carbocycles. The lowest BCUT2D eigenvalue weighted by atomic mass is 10.3. The number of hydrogen-bond acceptors (Lipinski definition) is 3. The third kappa shape index (κ3) is 4.73. The van der Waals surface area contributed by atoms with Gasteiger partial charge in [0, 0.05) is 24.8 Å². The number of nitrogens with one attached hydrogen (secondary N) is 3. The molecule has 0 atom stereocenters. The van der Waals surface area contributed by atoms with Crippen LogP contribution in [-0.4, -0.2) is 25.2 Å². The molecule has 0 radical (unpaired) electrons. The molecule has 1 aromatic rings. The van der Waals surface area contributed by atoms with Crippen molar-refractivity contribution in [2.24, 2.45) is 0 Å². The van der Waals surface area contributed by atoms with Gasteiger partial charge in [-0.3, -0.25) is 0 Å². The summed E-state index contributed by atoms with van der Waals surface area (Å²) in [6, 6.07) is 6.31. The van der Waals surface area contributed by atoms with E-state index in [4.69, 9.17) is 4.74 Å². The number of urea groups is 1. The molecule has 0 spiro atoms. The molecular formula is C12H17N3O3. The summed E-state index contributed by atoms with van der Waals surface area (Å²) in [7, 11) is 0. The summed E-state index contributed by atoms with van der Waals surface area (Å²) < 4.78 is 5.02. The number of benzene rings is 1. The van der Waals surface area contributed by atoms with Gasteiger partial charge < -0.3 is 20.7 Å². The van der Waals surface area contributed by atoms with E-state index < -0.39 is 6.09 Å². The van der Waals surface area contributed by atoms with Gasteiger partial charge in [-0.2, -0.15) is 0 Å². The summed E-state index contributed by atoms with van der Waals surface area (Å²) in [5.41, 5.74) is 0.558. The molecule has 1 rings (SSSR count). The lowest BCUT2D eigenvalue weighted by Gasteiger charge is -2.08. The van der Waals surface area contributed by atoms with Crippen molar-refractivity contribution in [3.05, 3.63) is 24.3 Å². The Morgan fingerprint density at radius 3 is 2.56 bits per heavy atom. The fraction of sp³-hybridized carbons (Fsp3) is 0.333. The van der Waals surface area contributed by atoms with E-state index in [9.17, 15) is 9.59 Å². The van der Waals surface area contributed by atoms with Crippen molar-refractivity contribution in [1.82, 2.24) is 10.6 Å². The zero-order valence-electron chi connectivity index (χ0n) is 10.4. The van der Waals surface area contributed by atoms with E-state index in [-0.39, 0.29) is 6.03 Å². The molecule has 3 amide bonds. The minimum Gasteiger partial charge on any atom is -0.410 e. The van der Waals surface area contributed by atoms with Crippen LogP contribution in [0.2, 0.25) is 0 Å². The van der Waals surface area contributed by atoms with Crippen LogP contribution in [0.1, 0.15) is 13.8 Å². The highest BCUT2D eigenvalue weighted by molar-refractivity contribution is 5.89. The van der Waals surface area contributed by atoms with Crippen molar-refractivity contribution in [3.63, 3.8) is 0 Å². The molecule has 0 saturated heterocycles. The summed E-state index contributed by atoms with van der Waals surface area (Å²) in [4.78, 5) is 22.5. The smallest absolute Gasteiger partial charge is 0.410 e. The second-order valence-electron chi connectivity index (χ2n) is 3.43. The first-order valence-corrected chi connectivity index (χ1v) is 5.76. The first-order valence-electron chi connectivity index (χ1n) is 5.76. The van der Waals surface area contributed by atoms with Crippen molar-refractivity contribution in [1.29, 1.82) is 0 Å². The van der Waals surface area contributed by atoms with Crippen LogP contribution < -0.4 is 20.7 Å². The maximum Gasteiger partial charge on any atom is 0.412 e. The molecular weight excluding hydrogens is 234 g/mol. The number of hydrogen-bond donors (Lipinski definition) is 3. The van der Waals surface area contributed by atoms with Gasteiger partial charge in [-0.25, -0.2) is 9.59 Å². The van der Waals surface area contributed by atoms with Crippen LogP contribution in [0.3, 0.4) is 0 Å². The first kappa shape index (κ1) is 13.8. The van der Waals surface area contributed by atoms with E-state index in [2.05, 4.69) is 16.0 Å². The van der Waals surface area contributed by atoms with E-state index in [1.165, 1.54) is 0 Å². The molecule has 0 aliphatic carbocycles. The minimum atomic E-state index is -0.521. The number of carbonyl (C=O) groups excluding carboxylic acids is 2. The molecule has 1 aromatic carbocycles. The topological polar surface area (TPSA) is 79.5 Å². The highest BCUT2D eigenvalue weighted by Crippen LogP contribution is 2.17. The Bertz CT molecular complexity index is 386.